The fourth-order valence-electron chi connectivity index (χ4n) is 2.25. The van der Waals surface area contributed by atoms with Crippen molar-refractivity contribution in [2.45, 2.75) is 32.7 Å². The summed E-state index contributed by atoms with van der Waals surface area (Å²) in [6.07, 6.45) is 1.89. The van der Waals surface area contributed by atoms with Crippen LogP contribution in [0.4, 0.5) is 5.82 Å². The molecular weight excluding hydrogens is 266 g/mol. The van der Waals surface area contributed by atoms with Crippen LogP contribution in [0.15, 0.2) is 46.0 Å². The molecule has 2 aromatic rings. The third kappa shape index (κ3) is 4.08. The van der Waals surface area contributed by atoms with E-state index in [4.69, 9.17) is 0 Å². The Morgan fingerprint density at radius 3 is 2.52 bits per heavy atom. The smallest absolute Gasteiger partial charge is 0.330 e. The molecule has 2 N–H and O–H groups in total. The van der Waals surface area contributed by atoms with E-state index in [1.54, 1.807) is 0 Å². The molecule has 2 rings (SSSR count). The second-order valence-electron chi connectivity index (χ2n) is 5.31. The molecule has 0 aliphatic rings. The standard InChI is InChI=1S/C16H21N3O2/c1-12(2)19-15(20)11-14(18-16(19)21)17-10-6-9-13-7-4-3-5-8-13/h3-5,7-8,11-12,17H,6,9-10H2,1-2H3,(H,18,21). The molecule has 0 amide bonds. The molecule has 1 aromatic heterocycles. The van der Waals surface area contributed by atoms with E-state index in [0.717, 1.165) is 12.8 Å². The first-order chi connectivity index (χ1) is 10.1. The van der Waals surface area contributed by atoms with Crippen molar-refractivity contribution in [3.8, 4) is 0 Å². The van der Waals surface area contributed by atoms with Gasteiger partial charge in [-0.2, -0.15) is 0 Å². The summed E-state index contributed by atoms with van der Waals surface area (Å²) in [6, 6.07) is 11.5. The lowest BCUT2D eigenvalue weighted by Gasteiger charge is -2.10. The Labute approximate surface area is 123 Å². The van der Waals surface area contributed by atoms with Gasteiger partial charge in [0.05, 0.1) is 0 Å². The number of nitrogens with zero attached hydrogens (tertiary/aromatic N) is 1. The lowest BCUT2D eigenvalue weighted by atomic mass is 10.1. The minimum atomic E-state index is -0.372. The molecule has 1 heterocycles. The van der Waals surface area contributed by atoms with Gasteiger partial charge in [-0.1, -0.05) is 30.3 Å². The second kappa shape index (κ2) is 6.92. The first-order valence-electron chi connectivity index (χ1n) is 7.21. The maximum atomic E-state index is 11.9. The summed E-state index contributed by atoms with van der Waals surface area (Å²) < 4.78 is 1.20. The third-order valence-electron chi connectivity index (χ3n) is 3.28. The molecule has 0 saturated carbocycles. The first-order valence-corrected chi connectivity index (χ1v) is 7.21. The molecule has 0 aliphatic carbocycles. The van der Waals surface area contributed by atoms with Crippen LogP contribution in [0.3, 0.4) is 0 Å². The van der Waals surface area contributed by atoms with Crippen LogP contribution in [0.2, 0.25) is 0 Å². The average Bonchev–Trinajstić information content (AvgIpc) is 2.43. The zero-order chi connectivity index (χ0) is 15.2. The molecule has 21 heavy (non-hydrogen) atoms. The highest BCUT2D eigenvalue weighted by molar-refractivity contribution is 5.31. The average molecular weight is 287 g/mol. The van der Waals surface area contributed by atoms with Gasteiger partial charge in [0.15, 0.2) is 0 Å². The van der Waals surface area contributed by atoms with Crippen LogP contribution in [0.25, 0.3) is 0 Å². The van der Waals surface area contributed by atoms with Crippen molar-refractivity contribution in [2.75, 3.05) is 11.9 Å². The summed E-state index contributed by atoms with van der Waals surface area (Å²) in [7, 11) is 0. The normalized spacial score (nSPS) is 10.8. The highest BCUT2D eigenvalue weighted by Crippen LogP contribution is 2.03. The molecule has 0 radical (unpaired) electrons. The van der Waals surface area contributed by atoms with Crippen LogP contribution in [0.1, 0.15) is 31.9 Å². The molecule has 0 unspecified atom stereocenters. The Morgan fingerprint density at radius 1 is 1.19 bits per heavy atom. The molecule has 112 valence electrons. The highest BCUT2D eigenvalue weighted by Gasteiger charge is 2.06. The topological polar surface area (TPSA) is 66.9 Å². The van der Waals surface area contributed by atoms with Gasteiger partial charge in [-0.15, -0.1) is 0 Å². The number of aryl methyl sites for hydroxylation is 1. The van der Waals surface area contributed by atoms with Gasteiger partial charge in [0, 0.05) is 18.7 Å². The monoisotopic (exact) mass is 287 g/mol. The van der Waals surface area contributed by atoms with E-state index in [-0.39, 0.29) is 17.3 Å². The van der Waals surface area contributed by atoms with E-state index in [1.165, 1.54) is 16.2 Å². The van der Waals surface area contributed by atoms with Crippen molar-refractivity contribution >= 4 is 5.82 Å². The number of hydrogen-bond donors (Lipinski definition) is 2. The molecule has 0 spiro atoms. The molecule has 1 aromatic carbocycles. The van der Waals surface area contributed by atoms with Gasteiger partial charge in [0.2, 0.25) is 0 Å². The van der Waals surface area contributed by atoms with Gasteiger partial charge in [0.1, 0.15) is 5.82 Å². The van der Waals surface area contributed by atoms with Crippen molar-refractivity contribution in [3.63, 3.8) is 0 Å². The predicted molar refractivity (Wildman–Crippen MR) is 85.0 cm³/mol. The predicted octanol–water partition coefficient (Wildman–Crippen LogP) is 2.16. The Kier molecular flexibility index (Phi) is 4.98. The third-order valence-corrected chi connectivity index (χ3v) is 3.28. The number of aromatic amines is 1. The minimum absolute atomic E-state index is 0.145. The number of hydrogen-bond acceptors (Lipinski definition) is 3. The van der Waals surface area contributed by atoms with Crippen molar-refractivity contribution in [2.24, 2.45) is 0 Å². The van der Waals surface area contributed by atoms with Gasteiger partial charge < -0.3 is 5.32 Å². The van der Waals surface area contributed by atoms with E-state index < -0.39 is 0 Å². The van der Waals surface area contributed by atoms with Crippen LogP contribution < -0.4 is 16.6 Å². The van der Waals surface area contributed by atoms with Crippen molar-refractivity contribution in [3.05, 3.63) is 62.8 Å². The van der Waals surface area contributed by atoms with Crippen LogP contribution in [-0.2, 0) is 6.42 Å². The lowest BCUT2D eigenvalue weighted by molar-refractivity contribution is 0.546. The molecule has 0 aliphatic heterocycles. The number of anilines is 1. The molecular formula is C16H21N3O2. The van der Waals surface area contributed by atoms with E-state index in [9.17, 15) is 9.59 Å². The van der Waals surface area contributed by atoms with Gasteiger partial charge in [0.25, 0.3) is 5.56 Å². The van der Waals surface area contributed by atoms with Crippen LogP contribution in [0.5, 0.6) is 0 Å². The van der Waals surface area contributed by atoms with Gasteiger partial charge >= 0.3 is 5.69 Å². The molecule has 0 atom stereocenters. The fraction of sp³-hybridized carbons (Fsp3) is 0.375. The molecule has 5 nitrogen and oxygen atoms in total. The molecule has 0 fully saturated rings. The summed E-state index contributed by atoms with van der Waals surface area (Å²) in [6.45, 7) is 4.32. The quantitative estimate of drug-likeness (QED) is 0.800. The summed E-state index contributed by atoms with van der Waals surface area (Å²) >= 11 is 0. The molecule has 0 bridgehead atoms. The summed E-state index contributed by atoms with van der Waals surface area (Å²) in [5.41, 5.74) is 0.630. The Bertz CT molecular complexity index is 655. The lowest BCUT2D eigenvalue weighted by Crippen LogP contribution is -2.36. The van der Waals surface area contributed by atoms with E-state index in [0.29, 0.717) is 12.4 Å². The summed E-state index contributed by atoms with van der Waals surface area (Å²) in [4.78, 5) is 26.4. The SMILES string of the molecule is CC(C)n1c(=O)cc(NCCCc2ccccc2)[nH]c1=O. The largest absolute Gasteiger partial charge is 0.371 e. The highest BCUT2D eigenvalue weighted by atomic mass is 16.2. The van der Waals surface area contributed by atoms with Crippen molar-refractivity contribution in [1.29, 1.82) is 0 Å². The first kappa shape index (κ1) is 15.1. The summed E-state index contributed by atoms with van der Waals surface area (Å²) in [5.74, 6) is 0.481. The molecule has 5 heteroatoms. The Hall–Kier alpha value is -2.30. The zero-order valence-corrected chi connectivity index (χ0v) is 12.4. The van der Waals surface area contributed by atoms with Gasteiger partial charge in [-0.05, 0) is 32.3 Å². The summed E-state index contributed by atoms with van der Waals surface area (Å²) in [5, 5.41) is 3.09. The van der Waals surface area contributed by atoms with Crippen molar-refractivity contribution in [1.82, 2.24) is 9.55 Å². The molecule has 0 saturated heterocycles. The fourth-order valence-corrected chi connectivity index (χ4v) is 2.25. The minimum Gasteiger partial charge on any atom is -0.371 e. The van der Waals surface area contributed by atoms with Crippen LogP contribution in [0, 0.1) is 0 Å². The van der Waals surface area contributed by atoms with E-state index in [1.807, 2.05) is 32.0 Å². The number of benzene rings is 1. The van der Waals surface area contributed by atoms with Crippen LogP contribution >= 0.6 is 0 Å². The number of aromatic nitrogens is 2. The Morgan fingerprint density at radius 2 is 1.90 bits per heavy atom. The second-order valence-corrected chi connectivity index (χ2v) is 5.31. The number of H-pyrrole nitrogens is 1. The van der Waals surface area contributed by atoms with Gasteiger partial charge in [-0.3, -0.25) is 14.3 Å². The van der Waals surface area contributed by atoms with E-state index in [2.05, 4.69) is 22.4 Å². The Balaban J connectivity index is 1.92. The van der Waals surface area contributed by atoms with E-state index >= 15 is 0 Å². The number of rotatable bonds is 6. The zero-order valence-electron chi connectivity index (χ0n) is 12.4. The maximum absolute atomic E-state index is 11.9. The maximum Gasteiger partial charge on any atom is 0.330 e. The van der Waals surface area contributed by atoms with Crippen LogP contribution in [-0.4, -0.2) is 16.1 Å². The number of nitrogens with one attached hydrogen (secondary N) is 2. The van der Waals surface area contributed by atoms with Crippen molar-refractivity contribution < 1.29 is 0 Å². The van der Waals surface area contributed by atoms with Gasteiger partial charge in [-0.25, -0.2) is 4.79 Å².